The minimum atomic E-state index is -4.88. The lowest BCUT2D eigenvalue weighted by atomic mass is 9.98. The number of hydrogen-bond donors (Lipinski definition) is 3. The van der Waals surface area contributed by atoms with Crippen LogP contribution in [0, 0.1) is 6.92 Å². The first-order valence-electron chi connectivity index (χ1n) is 9.61. The molecule has 0 amide bonds. The van der Waals surface area contributed by atoms with Crippen LogP contribution < -0.4 is 10.6 Å². The number of rotatable bonds is 4. The predicted octanol–water partition coefficient (Wildman–Crippen LogP) is 2.43. The van der Waals surface area contributed by atoms with Crippen molar-refractivity contribution in [2.24, 2.45) is 0 Å². The summed E-state index contributed by atoms with van der Waals surface area (Å²) in [6.07, 6.45) is 1.75. The van der Waals surface area contributed by atoms with Gasteiger partial charge in [-0.1, -0.05) is 0 Å². The summed E-state index contributed by atoms with van der Waals surface area (Å²) in [6, 6.07) is 1.68. The van der Waals surface area contributed by atoms with Crippen molar-refractivity contribution in [3.8, 4) is 11.4 Å². The molecule has 4 heterocycles. The summed E-state index contributed by atoms with van der Waals surface area (Å²) < 4.78 is 41.4. The molecule has 30 heavy (non-hydrogen) atoms. The molecule has 3 aromatic rings. The topological polar surface area (TPSA) is 100 Å². The minimum absolute atomic E-state index is 0.188. The van der Waals surface area contributed by atoms with E-state index in [4.69, 9.17) is 0 Å². The molecule has 0 aromatic carbocycles. The molecule has 2 unspecified atom stereocenters. The third-order valence-corrected chi connectivity index (χ3v) is 5.24. The smallest absolute Gasteiger partial charge is 0.375 e. The van der Waals surface area contributed by atoms with Crippen LogP contribution >= 0.6 is 0 Å². The van der Waals surface area contributed by atoms with Crippen molar-refractivity contribution in [2.45, 2.75) is 44.5 Å². The fraction of sp³-hybridized carbons (Fsp3) is 0.474. The fourth-order valence-electron chi connectivity index (χ4n) is 3.54. The zero-order valence-corrected chi connectivity index (χ0v) is 16.5. The number of hydrogen-bond acceptors (Lipinski definition) is 7. The van der Waals surface area contributed by atoms with Gasteiger partial charge in [0.1, 0.15) is 22.9 Å². The number of fused-ring (bicyclic) bond motifs is 1. The molecule has 1 aliphatic rings. The van der Waals surface area contributed by atoms with Crippen molar-refractivity contribution in [1.82, 2.24) is 29.9 Å². The molecule has 0 bridgehead atoms. The fourth-order valence-corrected chi connectivity index (χ4v) is 3.54. The molecule has 160 valence electrons. The molecule has 1 aliphatic heterocycles. The molecule has 0 radical (unpaired) electrons. The second-order valence-electron chi connectivity index (χ2n) is 7.64. The molecule has 3 aromatic heterocycles. The zero-order chi connectivity index (χ0) is 21.5. The van der Waals surface area contributed by atoms with Crippen molar-refractivity contribution >= 4 is 11.5 Å². The van der Waals surface area contributed by atoms with Crippen LogP contribution in [-0.4, -0.2) is 55.0 Å². The average Bonchev–Trinajstić information content (AvgIpc) is 3.10. The summed E-state index contributed by atoms with van der Waals surface area (Å²) in [5.74, 6) is 0.561. The standard InChI is InChI=1S/C19H22F3N7O/c1-11-6-16-25-9-14(29(16)28-17(11)18(2,30)19(20,21)22)13-8-24-10-15(27-13)26-12-4-3-5-23-7-12/h6,8-10,12,23,30H,3-5,7H2,1-2H3,(H,26,27). The van der Waals surface area contributed by atoms with Crippen molar-refractivity contribution in [3.05, 3.63) is 35.9 Å². The van der Waals surface area contributed by atoms with E-state index in [2.05, 4.69) is 30.7 Å². The van der Waals surface area contributed by atoms with Gasteiger partial charge in [0.25, 0.3) is 0 Å². The highest BCUT2D eigenvalue weighted by Gasteiger charge is 2.53. The Bertz CT molecular complexity index is 1060. The number of nitrogens with one attached hydrogen (secondary N) is 2. The van der Waals surface area contributed by atoms with E-state index in [-0.39, 0.29) is 11.6 Å². The van der Waals surface area contributed by atoms with E-state index >= 15 is 0 Å². The average molecular weight is 421 g/mol. The molecular weight excluding hydrogens is 399 g/mol. The summed E-state index contributed by atoms with van der Waals surface area (Å²) in [7, 11) is 0. The van der Waals surface area contributed by atoms with Crippen LogP contribution in [0.5, 0.6) is 0 Å². The summed E-state index contributed by atoms with van der Waals surface area (Å²) in [6.45, 7) is 3.95. The largest absolute Gasteiger partial charge is 0.422 e. The normalized spacial score (nSPS) is 19.6. The van der Waals surface area contributed by atoms with E-state index in [9.17, 15) is 18.3 Å². The van der Waals surface area contributed by atoms with Crippen molar-refractivity contribution in [3.63, 3.8) is 0 Å². The number of halogens is 3. The minimum Gasteiger partial charge on any atom is -0.375 e. The lowest BCUT2D eigenvalue weighted by Crippen LogP contribution is -2.41. The molecule has 1 fully saturated rings. The van der Waals surface area contributed by atoms with Crippen LogP contribution in [0.2, 0.25) is 0 Å². The Morgan fingerprint density at radius 1 is 1.27 bits per heavy atom. The Hall–Kier alpha value is -2.79. The van der Waals surface area contributed by atoms with Crippen LogP contribution in [0.25, 0.3) is 17.0 Å². The summed E-state index contributed by atoms with van der Waals surface area (Å²) >= 11 is 0. The van der Waals surface area contributed by atoms with Gasteiger partial charge in [-0.2, -0.15) is 18.3 Å². The van der Waals surface area contributed by atoms with E-state index in [1.165, 1.54) is 29.9 Å². The summed E-state index contributed by atoms with van der Waals surface area (Å²) in [4.78, 5) is 13.0. The Labute approximate surface area is 170 Å². The van der Waals surface area contributed by atoms with E-state index in [1.807, 2.05) is 0 Å². The van der Waals surface area contributed by atoms with E-state index in [1.54, 1.807) is 6.20 Å². The molecule has 3 N–H and O–H groups in total. The van der Waals surface area contributed by atoms with Crippen molar-refractivity contribution in [1.29, 1.82) is 0 Å². The second-order valence-corrected chi connectivity index (χ2v) is 7.64. The summed E-state index contributed by atoms with van der Waals surface area (Å²) in [5.41, 5.74) is -2.27. The van der Waals surface area contributed by atoms with E-state index in [0.717, 1.165) is 25.9 Å². The van der Waals surface area contributed by atoms with Gasteiger partial charge in [0, 0.05) is 12.6 Å². The monoisotopic (exact) mass is 421 g/mol. The Morgan fingerprint density at radius 3 is 2.77 bits per heavy atom. The first-order valence-corrected chi connectivity index (χ1v) is 9.61. The van der Waals surface area contributed by atoms with E-state index < -0.39 is 17.5 Å². The highest BCUT2D eigenvalue weighted by Crippen LogP contribution is 2.39. The number of anilines is 1. The van der Waals surface area contributed by atoms with Crippen LogP contribution in [0.3, 0.4) is 0 Å². The van der Waals surface area contributed by atoms with Crippen molar-refractivity contribution in [2.75, 3.05) is 18.4 Å². The number of imidazole rings is 1. The van der Waals surface area contributed by atoms with Gasteiger partial charge in [0.2, 0.25) is 5.60 Å². The van der Waals surface area contributed by atoms with Gasteiger partial charge >= 0.3 is 6.18 Å². The summed E-state index contributed by atoms with van der Waals surface area (Å²) in [5, 5.41) is 20.8. The predicted molar refractivity (Wildman–Crippen MR) is 104 cm³/mol. The maximum absolute atomic E-state index is 13.4. The van der Waals surface area contributed by atoms with Crippen LogP contribution in [0.15, 0.2) is 24.7 Å². The second kappa shape index (κ2) is 7.47. The van der Waals surface area contributed by atoms with Crippen LogP contribution in [0.1, 0.15) is 31.0 Å². The van der Waals surface area contributed by atoms with Gasteiger partial charge in [-0.3, -0.25) is 4.98 Å². The number of aryl methyl sites for hydroxylation is 1. The van der Waals surface area contributed by atoms with Gasteiger partial charge in [-0.05, 0) is 44.9 Å². The first-order chi connectivity index (χ1) is 14.2. The van der Waals surface area contributed by atoms with Crippen LogP contribution in [0.4, 0.5) is 19.0 Å². The number of aliphatic hydroxyl groups is 1. The number of nitrogens with zero attached hydrogens (tertiary/aromatic N) is 5. The molecule has 0 spiro atoms. The lowest BCUT2D eigenvalue weighted by molar-refractivity contribution is -0.260. The van der Waals surface area contributed by atoms with Crippen LogP contribution in [-0.2, 0) is 5.60 Å². The molecule has 2 atom stereocenters. The van der Waals surface area contributed by atoms with Gasteiger partial charge in [0.15, 0.2) is 5.65 Å². The Kier molecular flexibility index (Phi) is 5.10. The molecule has 8 nitrogen and oxygen atoms in total. The Morgan fingerprint density at radius 2 is 2.07 bits per heavy atom. The molecule has 0 saturated carbocycles. The molecule has 11 heteroatoms. The zero-order valence-electron chi connectivity index (χ0n) is 16.5. The van der Waals surface area contributed by atoms with Gasteiger partial charge in [-0.15, -0.1) is 0 Å². The quantitative estimate of drug-likeness (QED) is 0.595. The highest BCUT2D eigenvalue weighted by atomic mass is 19.4. The highest BCUT2D eigenvalue weighted by molar-refractivity contribution is 5.60. The van der Waals surface area contributed by atoms with Gasteiger partial charge in [0.05, 0.1) is 18.6 Å². The Balaban J connectivity index is 1.73. The molecule has 4 rings (SSSR count). The number of piperidine rings is 1. The molecular formula is C19H22F3N7O. The van der Waals surface area contributed by atoms with E-state index in [0.29, 0.717) is 29.8 Å². The first kappa shape index (κ1) is 20.5. The van der Waals surface area contributed by atoms with Gasteiger partial charge in [-0.25, -0.2) is 14.5 Å². The number of alkyl halides is 3. The third-order valence-electron chi connectivity index (χ3n) is 5.24. The number of aromatic nitrogens is 5. The maximum Gasteiger partial charge on any atom is 0.422 e. The van der Waals surface area contributed by atoms with Crippen molar-refractivity contribution < 1.29 is 18.3 Å². The van der Waals surface area contributed by atoms with Gasteiger partial charge < -0.3 is 15.7 Å². The molecule has 0 aliphatic carbocycles. The third kappa shape index (κ3) is 3.70. The maximum atomic E-state index is 13.4. The lowest BCUT2D eigenvalue weighted by Gasteiger charge is -2.26. The molecule has 1 saturated heterocycles. The SMILES string of the molecule is Cc1cc2ncc(-c3cncc(NC4CCCNC4)n3)n2nc1C(C)(O)C(F)(F)F.